The Morgan fingerprint density at radius 1 is 1.58 bits per heavy atom. The van der Waals surface area contributed by atoms with Gasteiger partial charge in [-0.3, -0.25) is 4.79 Å². The third-order valence-electron chi connectivity index (χ3n) is 3.36. The van der Waals surface area contributed by atoms with E-state index in [0.29, 0.717) is 18.2 Å². The van der Waals surface area contributed by atoms with E-state index in [1.165, 1.54) is 6.08 Å². The summed E-state index contributed by atoms with van der Waals surface area (Å²) in [6.45, 7) is 4.93. The van der Waals surface area contributed by atoms with Gasteiger partial charge in [-0.25, -0.2) is 9.97 Å². The number of aromatic nitrogens is 2. The van der Waals surface area contributed by atoms with E-state index in [-0.39, 0.29) is 11.9 Å². The lowest BCUT2D eigenvalue weighted by Gasteiger charge is -2.24. The summed E-state index contributed by atoms with van der Waals surface area (Å²) in [7, 11) is 3.52. The number of hydrogen-bond acceptors (Lipinski definition) is 5. The number of likely N-dealkylation sites (tertiary alicyclic amines) is 1. The van der Waals surface area contributed by atoms with E-state index in [0.717, 1.165) is 13.0 Å². The third-order valence-corrected chi connectivity index (χ3v) is 3.36. The minimum absolute atomic E-state index is 0.0217. The van der Waals surface area contributed by atoms with Crippen LogP contribution >= 0.6 is 0 Å². The largest absolute Gasteiger partial charge is 0.494 e. The molecule has 1 fully saturated rings. The van der Waals surface area contributed by atoms with Crippen LogP contribution in [0.3, 0.4) is 0 Å². The van der Waals surface area contributed by atoms with E-state index in [2.05, 4.69) is 16.5 Å². The number of anilines is 1. The first-order valence-electron chi connectivity index (χ1n) is 6.16. The van der Waals surface area contributed by atoms with Crippen LogP contribution < -0.4 is 9.64 Å². The number of methoxy groups -OCH3 is 1. The Labute approximate surface area is 112 Å². The van der Waals surface area contributed by atoms with Crippen molar-refractivity contribution in [3.8, 4) is 5.75 Å². The molecule has 6 nitrogen and oxygen atoms in total. The summed E-state index contributed by atoms with van der Waals surface area (Å²) in [5.41, 5.74) is 0. The Bertz CT molecular complexity index is 460. The zero-order chi connectivity index (χ0) is 13.8. The summed E-state index contributed by atoms with van der Waals surface area (Å²) in [5.74, 6) is 1.25. The van der Waals surface area contributed by atoms with E-state index in [9.17, 15) is 4.79 Å². The average molecular weight is 262 g/mol. The van der Waals surface area contributed by atoms with Crippen molar-refractivity contribution >= 4 is 11.9 Å². The zero-order valence-corrected chi connectivity index (χ0v) is 11.2. The molecular weight excluding hydrogens is 244 g/mol. The fraction of sp³-hybridized carbons (Fsp3) is 0.462. The summed E-state index contributed by atoms with van der Waals surface area (Å²) < 4.78 is 5.03. The van der Waals surface area contributed by atoms with Gasteiger partial charge in [0.1, 0.15) is 0 Å². The van der Waals surface area contributed by atoms with Crippen LogP contribution in [0.5, 0.6) is 5.75 Å². The molecule has 1 amide bonds. The monoisotopic (exact) mass is 262 g/mol. The van der Waals surface area contributed by atoms with E-state index >= 15 is 0 Å². The molecule has 1 saturated heterocycles. The van der Waals surface area contributed by atoms with Crippen molar-refractivity contribution in [2.75, 3.05) is 32.1 Å². The van der Waals surface area contributed by atoms with Crippen LogP contribution in [0.4, 0.5) is 5.95 Å². The summed E-state index contributed by atoms with van der Waals surface area (Å²) >= 11 is 0. The van der Waals surface area contributed by atoms with Crippen molar-refractivity contribution in [3.05, 3.63) is 25.0 Å². The molecular formula is C13H18N4O2. The highest BCUT2D eigenvalue weighted by atomic mass is 16.5. The molecule has 1 aliphatic rings. The number of nitrogens with zero attached hydrogens (tertiary/aromatic N) is 4. The SMILES string of the molecule is C=CC(=O)N1CC[C@H](N(C)c2ncc(OC)cn2)C1. The van der Waals surface area contributed by atoms with Crippen LogP contribution in [0, 0.1) is 0 Å². The summed E-state index contributed by atoms with van der Waals surface area (Å²) in [6, 6.07) is 0.234. The highest BCUT2D eigenvalue weighted by molar-refractivity contribution is 5.87. The van der Waals surface area contributed by atoms with Gasteiger partial charge in [-0.1, -0.05) is 6.58 Å². The smallest absolute Gasteiger partial charge is 0.246 e. The van der Waals surface area contributed by atoms with Crippen LogP contribution in [0.1, 0.15) is 6.42 Å². The normalized spacial score (nSPS) is 18.2. The van der Waals surface area contributed by atoms with E-state index in [1.54, 1.807) is 24.4 Å². The average Bonchev–Trinajstić information content (AvgIpc) is 2.95. The molecule has 0 bridgehead atoms. The molecule has 6 heteroatoms. The Kier molecular flexibility index (Phi) is 3.99. The number of carbonyl (C=O) groups excluding carboxylic acids is 1. The topological polar surface area (TPSA) is 58.6 Å². The second-order valence-corrected chi connectivity index (χ2v) is 4.46. The van der Waals surface area contributed by atoms with Gasteiger partial charge >= 0.3 is 0 Å². The number of hydrogen-bond donors (Lipinski definition) is 0. The molecule has 0 N–H and O–H groups in total. The van der Waals surface area contributed by atoms with Crippen LogP contribution in [0.2, 0.25) is 0 Å². The van der Waals surface area contributed by atoms with Gasteiger partial charge in [-0.15, -0.1) is 0 Å². The lowest BCUT2D eigenvalue weighted by molar-refractivity contribution is -0.125. The third kappa shape index (κ3) is 2.83. The van der Waals surface area contributed by atoms with Crippen LogP contribution in [-0.2, 0) is 4.79 Å². The van der Waals surface area contributed by atoms with Crippen LogP contribution in [0.25, 0.3) is 0 Å². The molecule has 19 heavy (non-hydrogen) atoms. The molecule has 0 spiro atoms. The van der Waals surface area contributed by atoms with E-state index in [4.69, 9.17) is 4.74 Å². The fourth-order valence-electron chi connectivity index (χ4n) is 2.15. The minimum Gasteiger partial charge on any atom is -0.494 e. The summed E-state index contributed by atoms with van der Waals surface area (Å²) in [5, 5.41) is 0. The van der Waals surface area contributed by atoms with Gasteiger partial charge in [-0.2, -0.15) is 0 Å². The van der Waals surface area contributed by atoms with Crippen LogP contribution in [0.15, 0.2) is 25.0 Å². The zero-order valence-electron chi connectivity index (χ0n) is 11.2. The molecule has 0 unspecified atom stereocenters. The Balaban J connectivity index is 2.02. The van der Waals surface area contributed by atoms with Gasteiger partial charge in [-0.05, 0) is 12.5 Å². The molecule has 0 saturated carbocycles. The van der Waals surface area contributed by atoms with Crippen molar-refractivity contribution in [2.24, 2.45) is 0 Å². The van der Waals surface area contributed by atoms with Gasteiger partial charge in [0.2, 0.25) is 11.9 Å². The second-order valence-electron chi connectivity index (χ2n) is 4.46. The quantitative estimate of drug-likeness (QED) is 0.748. The van der Waals surface area contributed by atoms with Crippen molar-refractivity contribution in [3.63, 3.8) is 0 Å². The molecule has 1 atom stereocenters. The van der Waals surface area contributed by atoms with Gasteiger partial charge in [0.15, 0.2) is 5.75 Å². The van der Waals surface area contributed by atoms with Gasteiger partial charge in [0.25, 0.3) is 0 Å². The summed E-state index contributed by atoms with van der Waals surface area (Å²) in [4.78, 5) is 23.8. The number of ether oxygens (including phenoxy) is 1. The standard InChI is InChI=1S/C13H18N4O2/c1-4-12(18)17-6-5-10(9-17)16(2)13-14-7-11(19-3)8-15-13/h4,7-8,10H,1,5-6,9H2,2-3H3/t10-/m0/s1. The molecule has 0 aliphatic carbocycles. The molecule has 1 aromatic rings. The number of amides is 1. The molecule has 0 radical (unpaired) electrons. The Hall–Kier alpha value is -2.11. The van der Waals surface area contributed by atoms with Gasteiger partial charge < -0.3 is 14.5 Å². The van der Waals surface area contributed by atoms with Gasteiger partial charge in [0.05, 0.1) is 25.5 Å². The maximum absolute atomic E-state index is 11.5. The Morgan fingerprint density at radius 3 is 2.84 bits per heavy atom. The molecule has 2 rings (SSSR count). The highest BCUT2D eigenvalue weighted by Crippen LogP contribution is 2.19. The highest BCUT2D eigenvalue weighted by Gasteiger charge is 2.28. The van der Waals surface area contributed by atoms with E-state index in [1.807, 2.05) is 11.9 Å². The van der Waals surface area contributed by atoms with Crippen LogP contribution in [-0.4, -0.2) is 54.1 Å². The molecule has 1 aromatic heterocycles. The molecule has 102 valence electrons. The maximum atomic E-state index is 11.5. The number of likely N-dealkylation sites (N-methyl/N-ethyl adjacent to an activating group) is 1. The predicted octanol–water partition coefficient (Wildman–Crippen LogP) is 0.708. The first-order valence-corrected chi connectivity index (χ1v) is 6.16. The fourth-order valence-corrected chi connectivity index (χ4v) is 2.15. The van der Waals surface area contributed by atoms with Crippen molar-refractivity contribution in [2.45, 2.75) is 12.5 Å². The van der Waals surface area contributed by atoms with Crippen molar-refractivity contribution in [1.29, 1.82) is 0 Å². The summed E-state index contributed by atoms with van der Waals surface area (Å²) in [6.07, 6.45) is 5.54. The number of rotatable bonds is 4. The predicted molar refractivity (Wildman–Crippen MR) is 72.2 cm³/mol. The molecule has 1 aliphatic heterocycles. The lowest BCUT2D eigenvalue weighted by atomic mass is 10.2. The minimum atomic E-state index is -0.0217. The first kappa shape index (κ1) is 13.3. The van der Waals surface area contributed by atoms with Crippen molar-refractivity contribution in [1.82, 2.24) is 14.9 Å². The second kappa shape index (κ2) is 5.69. The first-order chi connectivity index (χ1) is 9.15. The molecule has 0 aromatic carbocycles. The maximum Gasteiger partial charge on any atom is 0.246 e. The Morgan fingerprint density at radius 2 is 2.26 bits per heavy atom. The lowest BCUT2D eigenvalue weighted by Crippen LogP contribution is -2.36. The molecule has 2 heterocycles. The number of carbonyl (C=O) groups is 1. The van der Waals surface area contributed by atoms with E-state index < -0.39 is 0 Å². The van der Waals surface area contributed by atoms with Crippen molar-refractivity contribution < 1.29 is 9.53 Å². The van der Waals surface area contributed by atoms with Gasteiger partial charge in [0, 0.05) is 20.1 Å².